The molecule has 0 saturated heterocycles. The molecule has 0 saturated carbocycles. The van der Waals surface area contributed by atoms with Gasteiger partial charge in [0.05, 0.1) is 20.1 Å². The summed E-state index contributed by atoms with van der Waals surface area (Å²) in [5.41, 5.74) is 1.11. The van der Waals surface area contributed by atoms with Gasteiger partial charge in [-0.1, -0.05) is 6.08 Å². The molecule has 1 aliphatic heterocycles. The van der Waals surface area contributed by atoms with Crippen molar-refractivity contribution < 1.29 is 22.7 Å². The van der Waals surface area contributed by atoms with Crippen LogP contribution in [0.2, 0.25) is 0 Å². The van der Waals surface area contributed by atoms with Crippen LogP contribution >= 0.6 is 0 Å². The summed E-state index contributed by atoms with van der Waals surface area (Å²) >= 11 is 0. The summed E-state index contributed by atoms with van der Waals surface area (Å²) in [7, 11) is 0.831. The second kappa shape index (κ2) is 7.72. The van der Waals surface area contributed by atoms with E-state index in [0.29, 0.717) is 26.1 Å². The SMILES string of the molecule is COCC1=CCN(S(=O)(=O)N(C)CCC(=O)OC)CC1. The molecule has 7 nitrogen and oxygen atoms in total. The van der Waals surface area contributed by atoms with E-state index in [1.807, 2.05) is 6.08 Å². The number of hydrogen-bond acceptors (Lipinski definition) is 5. The molecule has 0 aromatic carbocycles. The van der Waals surface area contributed by atoms with Crippen molar-refractivity contribution in [2.24, 2.45) is 0 Å². The highest BCUT2D eigenvalue weighted by molar-refractivity contribution is 7.86. The molecule has 1 rings (SSSR count). The van der Waals surface area contributed by atoms with Crippen molar-refractivity contribution >= 4 is 16.2 Å². The van der Waals surface area contributed by atoms with Gasteiger partial charge in [-0.3, -0.25) is 4.79 Å². The van der Waals surface area contributed by atoms with Gasteiger partial charge in [-0.05, 0) is 12.0 Å². The quantitative estimate of drug-likeness (QED) is 0.489. The van der Waals surface area contributed by atoms with Gasteiger partial charge in [-0.2, -0.15) is 17.0 Å². The maximum absolute atomic E-state index is 12.3. The van der Waals surface area contributed by atoms with E-state index in [4.69, 9.17) is 4.74 Å². The molecule has 0 aromatic rings. The highest BCUT2D eigenvalue weighted by Crippen LogP contribution is 2.16. The monoisotopic (exact) mass is 306 g/mol. The summed E-state index contributed by atoms with van der Waals surface area (Å²) in [6.45, 7) is 1.41. The van der Waals surface area contributed by atoms with Crippen molar-refractivity contribution in [1.82, 2.24) is 8.61 Å². The topological polar surface area (TPSA) is 76.2 Å². The van der Waals surface area contributed by atoms with Crippen LogP contribution < -0.4 is 0 Å². The first kappa shape index (κ1) is 17.1. The van der Waals surface area contributed by atoms with Gasteiger partial charge in [0.2, 0.25) is 0 Å². The molecule has 0 atom stereocenters. The number of nitrogens with zero attached hydrogens (tertiary/aromatic N) is 2. The maximum Gasteiger partial charge on any atom is 0.306 e. The lowest BCUT2D eigenvalue weighted by atomic mass is 10.1. The predicted octanol–water partition coefficient (Wildman–Crippen LogP) is 0.00460. The van der Waals surface area contributed by atoms with E-state index in [1.54, 1.807) is 7.11 Å². The number of esters is 1. The van der Waals surface area contributed by atoms with Crippen LogP contribution in [0.1, 0.15) is 12.8 Å². The molecule has 116 valence electrons. The lowest BCUT2D eigenvalue weighted by Crippen LogP contribution is -2.44. The summed E-state index contributed by atoms with van der Waals surface area (Å²) in [5, 5.41) is 0. The molecule has 0 N–H and O–H groups in total. The molecule has 0 fully saturated rings. The molecular formula is C12H22N2O5S. The van der Waals surface area contributed by atoms with Crippen molar-refractivity contribution in [2.75, 3.05) is 47.5 Å². The number of rotatable bonds is 7. The van der Waals surface area contributed by atoms with E-state index in [-0.39, 0.29) is 13.0 Å². The summed E-state index contributed by atoms with van der Waals surface area (Å²) < 4.78 is 36.7. The van der Waals surface area contributed by atoms with Crippen molar-refractivity contribution in [3.05, 3.63) is 11.6 Å². The summed E-state index contributed by atoms with van der Waals surface area (Å²) in [6, 6.07) is 0. The van der Waals surface area contributed by atoms with E-state index >= 15 is 0 Å². The van der Waals surface area contributed by atoms with Gasteiger partial charge in [0.25, 0.3) is 10.2 Å². The fraction of sp³-hybridized carbons (Fsp3) is 0.750. The second-order valence-electron chi connectivity index (χ2n) is 4.56. The van der Waals surface area contributed by atoms with Gasteiger partial charge < -0.3 is 9.47 Å². The molecule has 0 bridgehead atoms. The van der Waals surface area contributed by atoms with Crippen LogP contribution in [-0.2, 0) is 24.5 Å². The largest absolute Gasteiger partial charge is 0.469 e. The highest BCUT2D eigenvalue weighted by atomic mass is 32.2. The second-order valence-corrected chi connectivity index (χ2v) is 6.59. The number of hydrogen-bond donors (Lipinski definition) is 0. The Morgan fingerprint density at radius 1 is 1.45 bits per heavy atom. The Labute approximate surface area is 120 Å². The Morgan fingerprint density at radius 3 is 2.65 bits per heavy atom. The molecule has 1 aliphatic rings. The first-order valence-corrected chi connectivity index (χ1v) is 7.76. The normalized spacial score (nSPS) is 17.1. The molecule has 1 heterocycles. The van der Waals surface area contributed by atoms with Crippen LogP contribution in [0, 0.1) is 0 Å². The Bertz CT molecular complexity index is 460. The van der Waals surface area contributed by atoms with E-state index < -0.39 is 16.2 Å². The third-order valence-electron chi connectivity index (χ3n) is 3.17. The van der Waals surface area contributed by atoms with Crippen molar-refractivity contribution in [3.63, 3.8) is 0 Å². The van der Waals surface area contributed by atoms with Gasteiger partial charge >= 0.3 is 5.97 Å². The third-order valence-corrected chi connectivity index (χ3v) is 5.13. The summed E-state index contributed by atoms with van der Waals surface area (Å²) in [6.07, 6.45) is 2.58. The third kappa shape index (κ3) is 4.55. The van der Waals surface area contributed by atoms with Gasteiger partial charge in [0.15, 0.2) is 0 Å². The predicted molar refractivity (Wildman–Crippen MR) is 74.3 cm³/mol. The summed E-state index contributed by atoms with van der Waals surface area (Å²) in [4.78, 5) is 11.1. The maximum atomic E-state index is 12.3. The Morgan fingerprint density at radius 2 is 2.15 bits per heavy atom. The molecule has 20 heavy (non-hydrogen) atoms. The molecular weight excluding hydrogens is 284 g/mol. The lowest BCUT2D eigenvalue weighted by Gasteiger charge is -2.29. The van der Waals surface area contributed by atoms with Gasteiger partial charge in [0, 0.05) is 33.8 Å². The Kier molecular flexibility index (Phi) is 6.60. The number of ether oxygens (including phenoxy) is 2. The average Bonchev–Trinajstić information content (AvgIpc) is 2.45. The van der Waals surface area contributed by atoms with E-state index in [1.165, 1.54) is 22.8 Å². The fourth-order valence-electron chi connectivity index (χ4n) is 1.88. The zero-order valence-corrected chi connectivity index (χ0v) is 13.0. The minimum absolute atomic E-state index is 0.0465. The molecule has 0 unspecified atom stereocenters. The number of carbonyl (C=O) groups excluding carboxylic acids is 1. The van der Waals surface area contributed by atoms with E-state index in [9.17, 15) is 13.2 Å². The van der Waals surface area contributed by atoms with Crippen molar-refractivity contribution in [3.8, 4) is 0 Å². The standard InChI is InChI=1S/C12H22N2O5S/c1-13(7-6-12(15)19-3)20(16,17)14-8-4-11(5-9-14)10-18-2/h4H,5-10H2,1-3H3. The van der Waals surface area contributed by atoms with Gasteiger partial charge in [-0.15, -0.1) is 0 Å². The lowest BCUT2D eigenvalue weighted by molar-refractivity contribution is -0.140. The van der Waals surface area contributed by atoms with Crippen LogP contribution in [0.4, 0.5) is 0 Å². The fourth-order valence-corrected chi connectivity index (χ4v) is 3.18. The average molecular weight is 306 g/mol. The van der Waals surface area contributed by atoms with Crippen molar-refractivity contribution in [1.29, 1.82) is 0 Å². The Balaban J connectivity index is 2.59. The van der Waals surface area contributed by atoms with Crippen molar-refractivity contribution in [2.45, 2.75) is 12.8 Å². The minimum atomic E-state index is -3.53. The molecule has 0 spiro atoms. The number of methoxy groups -OCH3 is 2. The van der Waals surface area contributed by atoms with Gasteiger partial charge in [0.1, 0.15) is 0 Å². The van der Waals surface area contributed by atoms with Gasteiger partial charge in [-0.25, -0.2) is 0 Å². The van der Waals surface area contributed by atoms with Crippen LogP contribution in [0.5, 0.6) is 0 Å². The molecule has 0 aromatic heterocycles. The van der Waals surface area contributed by atoms with E-state index in [0.717, 1.165) is 5.57 Å². The van der Waals surface area contributed by atoms with Crippen LogP contribution in [0.3, 0.4) is 0 Å². The zero-order chi connectivity index (χ0) is 15.2. The Hall–Kier alpha value is -0.960. The zero-order valence-electron chi connectivity index (χ0n) is 12.2. The minimum Gasteiger partial charge on any atom is -0.469 e. The molecule has 0 amide bonds. The first-order valence-electron chi connectivity index (χ1n) is 6.37. The van der Waals surface area contributed by atoms with E-state index in [2.05, 4.69) is 4.74 Å². The van der Waals surface area contributed by atoms with Crippen LogP contribution in [-0.4, -0.2) is 70.5 Å². The first-order chi connectivity index (χ1) is 9.41. The molecule has 8 heteroatoms. The highest BCUT2D eigenvalue weighted by Gasteiger charge is 2.28. The number of carbonyl (C=O) groups is 1. The van der Waals surface area contributed by atoms with Crippen LogP contribution in [0.25, 0.3) is 0 Å². The van der Waals surface area contributed by atoms with Crippen LogP contribution in [0.15, 0.2) is 11.6 Å². The smallest absolute Gasteiger partial charge is 0.306 e. The summed E-state index contributed by atoms with van der Waals surface area (Å²) in [5.74, 6) is -0.423. The molecule has 0 radical (unpaired) electrons. The molecule has 0 aliphatic carbocycles.